The third-order valence-electron chi connectivity index (χ3n) is 2.56. The molecule has 0 saturated carbocycles. The first-order valence-corrected chi connectivity index (χ1v) is 5.35. The maximum absolute atomic E-state index is 11.7. The minimum atomic E-state index is -0.649. The number of ketones is 1. The first kappa shape index (κ1) is 9.40. The number of piperidine rings is 1. The topological polar surface area (TPSA) is 46.2 Å². The Balaban J connectivity index is 2.37. The van der Waals surface area contributed by atoms with Gasteiger partial charge in [-0.2, -0.15) is 0 Å². The third-order valence-corrected chi connectivity index (χ3v) is 3.70. The van der Waals surface area contributed by atoms with Gasteiger partial charge in [0.05, 0.1) is 12.0 Å². The summed E-state index contributed by atoms with van der Waals surface area (Å²) >= 11 is 1.52. The summed E-state index contributed by atoms with van der Waals surface area (Å²) in [5.41, 5.74) is -0.649. The van der Waals surface area contributed by atoms with Crippen molar-refractivity contribution in [1.82, 2.24) is 5.32 Å². The lowest BCUT2D eigenvalue weighted by Crippen LogP contribution is -2.50. The number of nitrogens with one attached hydrogen (secondary N) is 1. The summed E-state index contributed by atoms with van der Waals surface area (Å²) in [4.78, 5) is 24.0. The molecule has 1 aliphatic heterocycles. The number of amides is 1. The van der Waals surface area contributed by atoms with Crippen molar-refractivity contribution < 1.29 is 9.59 Å². The lowest BCUT2D eigenvalue weighted by molar-refractivity contribution is -0.135. The van der Waals surface area contributed by atoms with Gasteiger partial charge >= 0.3 is 0 Å². The Morgan fingerprint density at radius 3 is 2.93 bits per heavy atom. The number of carbonyl (C=O) groups is 2. The lowest BCUT2D eigenvalue weighted by Gasteiger charge is -2.30. The van der Waals surface area contributed by atoms with Crippen LogP contribution in [0.3, 0.4) is 0 Å². The number of Topliss-reactive ketones (excluding diaryl/α,β-unsaturated/α-hetero) is 1. The van der Waals surface area contributed by atoms with E-state index >= 15 is 0 Å². The van der Waals surface area contributed by atoms with E-state index < -0.39 is 5.41 Å². The van der Waals surface area contributed by atoms with Crippen molar-refractivity contribution in [3.63, 3.8) is 0 Å². The van der Waals surface area contributed by atoms with Crippen molar-refractivity contribution >= 4 is 23.0 Å². The fraction of sp³-hybridized carbons (Fsp3) is 0.400. The van der Waals surface area contributed by atoms with E-state index in [0.717, 1.165) is 4.88 Å². The molecule has 1 saturated heterocycles. The van der Waals surface area contributed by atoms with Crippen LogP contribution in [0.2, 0.25) is 0 Å². The molecule has 14 heavy (non-hydrogen) atoms. The Bertz CT molecular complexity index is 371. The van der Waals surface area contributed by atoms with Crippen LogP contribution in [0.4, 0.5) is 0 Å². The van der Waals surface area contributed by atoms with Crippen LogP contribution in [-0.4, -0.2) is 18.2 Å². The minimum Gasteiger partial charge on any atom is -0.348 e. The van der Waals surface area contributed by atoms with Crippen LogP contribution in [0.5, 0.6) is 0 Å². The first-order valence-electron chi connectivity index (χ1n) is 4.47. The Labute approximate surface area is 86.1 Å². The summed E-state index contributed by atoms with van der Waals surface area (Å²) in [5.74, 6) is 0.0556. The van der Waals surface area contributed by atoms with Gasteiger partial charge in [-0.05, 0) is 18.4 Å². The number of hydrogen-bond acceptors (Lipinski definition) is 3. The van der Waals surface area contributed by atoms with Gasteiger partial charge in [0.15, 0.2) is 5.78 Å². The SMILES string of the molecule is CC1(c2cccs2)CC(=O)CNC1=O. The molecular formula is C10H11NO2S. The van der Waals surface area contributed by atoms with E-state index in [2.05, 4.69) is 5.32 Å². The van der Waals surface area contributed by atoms with Gasteiger partial charge in [0, 0.05) is 11.3 Å². The molecule has 1 aliphatic rings. The molecule has 74 valence electrons. The molecule has 1 aromatic heterocycles. The molecule has 3 nitrogen and oxygen atoms in total. The molecule has 0 spiro atoms. The largest absolute Gasteiger partial charge is 0.348 e. The average molecular weight is 209 g/mol. The highest BCUT2D eigenvalue weighted by Crippen LogP contribution is 2.33. The van der Waals surface area contributed by atoms with E-state index in [1.807, 2.05) is 24.4 Å². The van der Waals surface area contributed by atoms with Gasteiger partial charge in [0.1, 0.15) is 0 Å². The van der Waals surface area contributed by atoms with Gasteiger partial charge < -0.3 is 5.32 Å². The Hall–Kier alpha value is -1.16. The standard InChI is InChI=1S/C10H11NO2S/c1-10(8-3-2-4-14-8)5-7(12)6-11-9(10)13/h2-4H,5-6H2,1H3,(H,11,13). The monoisotopic (exact) mass is 209 g/mol. The Morgan fingerprint density at radius 2 is 2.29 bits per heavy atom. The smallest absolute Gasteiger partial charge is 0.232 e. The molecule has 1 fully saturated rings. The molecule has 1 unspecified atom stereocenters. The number of carbonyl (C=O) groups excluding carboxylic acids is 2. The number of rotatable bonds is 1. The molecule has 1 amide bonds. The molecule has 1 atom stereocenters. The fourth-order valence-electron chi connectivity index (χ4n) is 1.70. The van der Waals surface area contributed by atoms with Crippen LogP contribution >= 0.6 is 11.3 Å². The Kier molecular flexibility index (Phi) is 2.15. The molecule has 0 aromatic carbocycles. The van der Waals surface area contributed by atoms with E-state index in [9.17, 15) is 9.59 Å². The van der Waals surface area contributed by atoms with Gasteiger partial charge in [-0.1, -0.05) is 6.07 Å². The van der Waals surface area contributed by atoms with Crippen molar-refractivity contribution in [2.24, 2.45) is 0 Å². The van der Waals surface area contributed by atoms with Gasteiger partial charge in [0.2, 0.25) is 5.91 Å². The zero-order valence-corrected chi connectivity index (χ0v) is 8.69. The second-order valence-corrected chi connectivity index (χ2v) is 4.66. The van der Waals surface area contributed by atoms with E-state index in [1.54, 1.807) is 0 Å². The third kappa shape index (κ3) is 1.35. The van der Waals surface area contributed by atoms with Crippen LogP contribution in [0.1, 0.15) is 18.2 Å². The minimum absolute atomic E-state index is 0.0421. The van der Waals surface area contributed by atoms with Crippen molar-refractivity contribution in [2.75, 3.05) is 6.54 Å². The van der Waals surface area contributed by atoms with Crippen LogP contribution in [0, 0.1) is 0 Å². The predicted octanol–water partition coefficient (Wildman–Crippen LogP) is 1.09. The summed E-state index contributed by atoms with van der Waals surface area (Å²) in [6, 6.07) is 3.81. The second kappa shape index (κ2) is 3.20. The highest BCUT2D eigenvalue weighted by atomic mass is 32.1. The summed E-state index contributed by atoms with van der Waals surface area (Å²) in [6.45, 7) is 2.00. The van der Waals surface area contributed by atoms with Crippen LogP contribution in [-0.2, 0) is 15.0 Å². The molecule has 1 N–H and O–H groups in total. The van der Waals surface area contributed by atoms with Gasteiger partial charge in [-0.25, -0.2) is 0 Å². The van der Waals surface area contributed by atoms with Crippen LogP contribution < -0.4 is 5.32 Å². The van der Waals surface area contributed by atoms with E-state index in [4.69, 9.17) is 0 Å². The molecule has 0 radical (unpaired) electrons. The second-order valence-electron chi connectivity index (χ2n) is 3.71. The molecule has 1 aromatic rings. The summed E-state index contributed by atoms with van der Waals surface area (Å²) in [7, 11) is 0. The molecule has 0 bridgehead atoms. The highest BCUT2D eigenvalue weighted by Gasteiger charge is 2.41. The van der Waals surface area contributed by atoms with E-state index in [0.29, 0.717) is 6.42 Å². The summed E-state index contributed by atoms with van der Waals surface area (Å²) < 4.78 is 0. The predicted molar refractivity (Wildman–Crippen MR) is 54.3 cm³/mol. The van der Waals surface area contributed by atoms with Gasteiger partial charge in [0.25, 0.3) is 0 Å². The lowest BCUT2D eigenvalue weighted by atomic mass is 9.80. The molecular weight excluding hydrogens is 198 g/mol. The van der Waals surface area contributed by atoms with Crippen molar-refractivity contribution in [1.29, 1.82) is 0 Å². The van der Waals surface area contributed by atoms with Gasteiger partial charge in [-0.3, -0.25) is 9.59 Å². The maximum Gasteiger partial charge on any atom is 0.232 e. The fourth-order valence-corrected chi connectivity index (χ4v) is 2.59. The number of hydrogen-bond donors (Lipinski definition) is 1. The number of thiophene rings is 1. The summed E-state index contributed by atoms with van der Waals surface area (Å²) in [6.07, 6.45) is 0.319. The van der Waals surface area contributed by atoms with E-state index in [1.165, 1.54) is 11.3 Å². The average Bonchev–Trinajstić information content (AvgIpc) is 2.65. The summed E-state index contributed by atoms with van der Waals surface area (Å²) in [5, 5.41) is 4.55. The van der Waals surface area contributed by atoms with Crippen LogP contribution in [0.25, 0.3) is 0 Å². The molecule has 2 heterocycles. The molecule has 2 rings (SSSR count). The zero-order valence-electron chi connectivity index (χ0n) is 7.87. The van der Waals surface area contributed by atoms with Crippen LogP contribution in [0.15, 0.2) is 17.5 Å². The zero-order chi connectivity index (χ0) is 10.2. The molecule has 4 heteroatoms. The molecule has 0 aliphatic carbocycles. The van der Waals surface area contributed by atoms with Crippen molar-refractivity contribution in [3.8, 4) is 0 Å². The quantitative estimate of drug-likeness (QED) is 0.752. The van der Waals surface area contributed by atoms with Gasteiger partial charge in [-0.15, -0.1) is 11.3 Å². The van der Waals surface area contributed by atoms with Crippen molar-refractivity contribution in [3.05, 3.63) is 22.4 Å². The van der Waals surface area contributed by atoms with Crippen molar-refractivity contribution in [2.45, 2.75) is 18.8 Å². The van der Waals surface area contributed by atoms with E-state index in [-0.39, 0.29) is 18.2 Å². The Morgan fingerprint density at radius 1 is 1.50 bits per heavy atom. The normalized spacial score (nSPS) is 27.5. The maximum atomic E-state index is 11.7. The first-order chi connectivity index (χ1) is 6.63. The highest BCUT2D eigenvalue weighted by molar-refractivity contribution is 7.10.